The number of benzene rings is 1. The van der Waals surface area contributed by atoms with Crippen molar-refractivity contribution in [3.8, 4) is 5.75 Å². The number of Topliss-reactive ketones (excluding diaryl/α,β-unsaturated/α-hetero) is 1. The quantitative estimate of drug-likeness (QED) is 0.817. The highest BCUT2D eigenvalue weighted by molar-refractivity contribution is 6.01. The number of hydrogen-bond donors (Lipinski definition) is 0. The van der Waals surface area contributed by atoms with Crippen LogP contribution < -0.4 is 9.64 Å². The summed E-state index contributed by atoms with van der Waals surface area (Å²) >= 11 is 0. The molecule has 2 aromatic rings. The number of aromatic nitrogens is 2. The minimum atomic E-state index is -0.00463. The van der Waals surface area contributed by atoms with E-state index >= 15 is 0 Å². The highest BCUT2D eigenvalue weighted by atomic mass is 16.5. The average Bonchev–Trinajstić information content (AvgIpc) is 2.99. The zero-order chi connectivity index (χ0) is 18.7. The van der Waals surface area contributed by atoms with E-state index in [0.29, 0.717) is 30.9 Å². The molecule has 0 radical (unpaired) electrons. The van der Waals surface area contributed by atoms with Crippen LogP contribution in [0.5, 0.6) is 5.75 Å². The Morgan fingerprint density at radius 1 is 1.27 bits per heavy atom. The molecule has 0 atom stereocenters. The molecule has 1 aliphatic rings. The molecule has 0 saturated carbocycles. The van der Waals surface area contributed by atoms with Gasteiger partial charge in [0.05, 0.1) is 25.8 Å². The summed E-state index contributed by atoms with van der Waals surface area (Å²) in [5.74, 6) is 1.49. The van der Waals surface area contributed by atoms with Crippen molar-refractivity contribution < 1.29 is 14.3 Å². The normalized spacial score (nSPS) is 14.0. The number of ketones is 1. The lowest BCUT2D eigenvalue weighted by Gasteiger charge is -2.22. The van der Waals surface area contributed by atoms with Gasteiger partial charge in [0.15, 0.2) is 11.6 Å². The Bertz CT molecular complexity index is 796. The van der Waals surface area contributed by atoms with Crippen molar-refractivity contribution in [1.29, 1.82) is 0 Å². The lowest BCUT2D eigenvalue weighted by atomic mass is 10.1. The third-order valence-corrected chi connectivity index (χ3v) is 4.50. The van der Waals surface area contributed by atoms with E-state index in [4.69, 9.17) is 4.74 Å². The van der Waals surface area contributed by atoms with Crippen LogP contribution in [0.15, 0.2) is 30.5 Å². The topological polar surface area (TPSA) is 67.7 Å². The van der Waals surface area contributed by atoms with Gasteiger partial charge in [-0.2, -0.15) is 5.10 Å². The summed E-state index contributed by atoms with van der Waals surface area (Å²) in [4.78, 5) is 28.0. The van der Waals surface area contributed by atoms with Crippen LogP contribution in [0.4, 0.5) is 5.82 Å². The number of anilines is 1. The molecule has 7 nitrogen and oxygen atoms in total. The molecule has 138 valence electrons. The average molecular weight is 356 g/mol. The summed E-state index contributed by atoms with van der Waals surface area (Å²) in [5.41, 5.74) is 1.66. The predicted molar refractivity (Wildman–Crippen MR) is 98.8 cm³/mol. The van der Waals surface area contributed by atoms with E-state index in [9.17, 15) is 9.59 Å². The number of hydrogen-bond acceptors (Lipinski definition) is 5. The van der Waals surface area contributed by atoms with Crippen LogP contribution in [0.25, 0.3) is 0 Å². The molecular formula is C19H24N4O3. The molecule has 0 fully saturated rings. The van der Waals surface area contributed by atoms with Gasteiger partial charge in [0.1, 0.15) is 5.75 Å². The molecule has 1 aliphatic heterocycles. The number of fused-ring (bicyclic) bond motifs is 1. The van der Waals surface area contributed by atoms with Gasteiger partial charge in [-0.15, -0.1) is 0 Å². The van der Waals surface area contributed by atoms with Gasteiger partial charge >= 0.3 is 0 Å². The molecule has 0 saturated heterocycles. The lowest BCUT2D eigenvalue weighted by molar-refractivity contribution is -0.127. The minimum Gasteiger partial charge on any atom is -0.497 e. The Morgan fingerprint density at radius 2 is 2.00 bits per heavy atom. The van der Waals surface area contributed by atoms with Crippen molar-refractivity contribution in [2.24, 2.45) is 0 Å². The van der Waals surface area contributed by atoms with Gasteiger partial charge < -0.3 is 14.5 Å². The van der Waals surface area contributed by atoms with E-state index in [-0.39, 0.29) is 18.2 Å². The third-order valence-electron chi connectivity index (χ3n) is 4.50. The first-order valence-electron chi connectivity index (χ1n) is 8.66. The van der Waals surface area contributed by atoms with Crippen molar-refractivity contribution in [3.63, 3.8) is 0 Å². The number of carbonyl (C=O) groups excluding carboxylic acids is 2. The summed E-state index contributed by atoms with van der Waals surface area (Å²) in [5, 5.41) is 4.61. The van der Waals surface area contributed by atoms with Crippen LogP contribution in [-0.2, 0) is 11.3 Å². The second-order valence-electron chi connectivity index (χ2n) is 6.65. The van der Waals surface area contributed by atoms with Gasteiger partial charge in [0, 0.05) is 33.3 Å². The molecule has 3 rings (SSSR count). The van der Waals surface area contributed by atoms with Gasteiger partial charge in [-0.05, 0) is 24.1 Å². The number of likely N-dealkylation sites (N-methyl/N-ethyl adjacent to an activating group) is 1. The number of ether oxygens (including phenoxy) is 1. The summed E-state index contributed by atoms with van der Waals surface area (Å²) in [7, 11) is 5.09. The maximum absolute atomic E-state index is 12.4. The largest absolute Gasteiger partial charge is 0.497 e. The smallest absolute Gasteiger partial charge is 0.241 e. The molecule has 0 spiro atoms. The number of rotatable bonds is 5. The first kappa shape index (κ1) is 18.0. The summed E-state index contributed by atoms with van der Waals surface area (Å²) in [6.45, 7) is 1.43. The summed E-state index contributed by atoms with van der Waals surface area (Å²) < 4.78 is 6.94. The Morgan fingerprint density at radius 3 is 2.65 bits per heavy atom. The molecule has 1 aromatic heterocycles. The maximum Gasteiger partial charge on any atom is 0.241 e. The highest BCUT2D eigenvalue weighted by Crippen LogP contribution is 2.25. The van der Waals surface area contributed by atoms with Gasteiger partial charge in [-0.25, -0.2) is 0 Å². The highest BCUT2D eigenvalue weighted by Gasteiger charge is 2.26. The zero-order valence-corrected chi connectivity index (χ0v) is 15.4. The standard InChI is InChI=1S/C19H24N4O3/c1-21(2)18(25)13-22-10-4-5-17(24)16-12-23(20-19(16)22)11-14-6-8-15(26-3)9-7-14/h6-9,12H,4-5,10-11,13H2,1-3H3. The van der Waals surface area contributed by atoms with E-state index in [2.05, 4.69) is 5.10 Å². The molecule has 0 unspecified atom stereocenters. The molecule has 26 heavy (non-hydrogen) atoms. The fourth-order valence-corrected chi connectivity index (χ4v) is 2.97. The molecule has 0 N–H and O–H groups in total. The molecule has 0 aliphatic carbocycles. The van der Waals surface area contributed by atoms with E-state index < -0.39 is 0 Å². The third kappa shape index (κ3) is 3.87. The van der Waals surface area contributed by atoms with Crippen molar-refractivity contribution >= 4 is 17.5 Å². The Hall–Kier alpha value is -2.83. The number of methoxy groups -OCH3 is 1. The Balaban J connectivity index is 1.85. The van der Waals surface area contributed by atoms with Gasteiger partial charge in [0.2, 0.25) is 5.91 Å². The first-order chi connectivity index (χ1) is 12.5. The zero-order valence-electron chi connectivity index (χ0n) is 15.4. The lowest BCUT2D eigenvalue weighted by Crippen LogP contribution is -2.37. The van der Waals surface area contributed by atoms with Crippen LogP contribution in [0, 0.1) is 0 Å². The van der Waals surface area contributed by atoms with Crippen molar-refractivity contribution in [2.75, 3.05) is 39.2 Å². The maximum atomic E-state index is 12.4. The number of carbonyl (C=O) groups is 2. The SMILES string of the molecule is COc1ccc(Cn2cc3c(n2)N(CC(=O)N(C)C)CCCC3=O)cc1. The van der Waals surface area contributed by atoms with Crippen LogP contribution in [0.3, 0.4) is 0 Å². The predicted octanol–water partition coefficient (Wildman–Crippen LogP) is 1.81. The molecular weight excluding hydrogens is 332 g/mol. The summed E-state index contributed by atoms with van der Waals surface area (Å²) in [6, 6.07) is 7.75. The van der Waals surface area contributed by atoms with E-state index in [1.807, 2.05) is 29.2 Å². The van der Waals surface area contributed by atoms with E-state index in [0.717, 1.165) is 17.7 Å². The fraction of sp³-hybridized carbons (Fsp3) is 0.421. The molecule has 1 amide bonds. The first-order valence-corrected chi connectivity index (χ1v) is 8.66. The Kier molecular flexibility index (Phi) is 5.25. The fourth-order valence-electron chi connectivity index (χ4n) is 2.97. The van der Waals surface area contributed by atoms with E-state index in [1.165, 1.54) is 0 Å². The molecule has 7 heteroatoms. The van der Waals surface area contributed by atoms with Crippen LogP contribution >= 0.6 is 0 Å². The summed E-state index contributed by atoms with van der Waals surface area (Å²) in [6.07, 6.45) is 3.00. The minimum absolute atomic E-state index is 0.00463. The van der Waals surface area contributed by atoms with Gasteiger partial charge in [-0.1, -0.05) is 12.1 Å². The number of amides is 1. The van der Waals surface area contributed by atoms with Crippen LogP contribution in [0.1, 0.15) is 28.8 Å². The second kappa shape index (κ2) is 7.59. The van der Waals surface area contributed by atoms with Gasteiger partial charge in [-0.3, -0.25) is 14.3 Å². The van der Waals surface area contributed by atoms with Crippen molar-refractivity contribution in [2.45, 2.75) is 19.4 Å². The number of nitrogens with zero attached hydrogens (tertiary/aromatic N) is 4. The van der Waals surface area contributed by atoms with Crippen molar-refractivity contribution in [1.82, 2.24) is 14.7 Å². The van der Waals surface area contributed by atoms with E-state index in [1.54, 1.807) is 37.0 Å². The molecule has 0 bridgehead atoms. The molecule has 2 heterocycles. The molecule has 1 aromatic carbocycles. The van der Waals surface area contributed by atoms with Gasteiger partial charge in [0.25, 0.3) is 0 Å². The monoisotopic (exact) mass is 356 g/mol. The van der Waals surface area contributed by atoms with Crippen molar-refractivity contribution in [3.05, 3.63) is 41.6 Å². The Labute approximate surface area is 153 Å². The second-order valence-corrected chi connectivity index (χ2v) is 6.65. The van der Waals surface area contributed by atoms with Crippen LogP contribution in [-0.4, -0.2) is 60.7 Å². The van der Waals surface area contributed by atoms with Crippen LogP contribution in [0.2, 0.25) is 0 Å².